The third kappa shape index (κ3) is 3.27. The molecule has 2 aromatic carbocycles. The largest absolute Gasteiger partial charge is 0.494 e. The number of hydrogen-bond acceptors (Lipinski definition) is 4. The fourth-order valence-electron chi connectivity index (χ4n) is 3.05. The Balaban J connectivity index is 1.80. The van der Waals surface area contributed by atoms with E-state index in [1.54, 1.807) is 10.9 Å². The number of nitrogens with one attached hydrogen (secondary N) is 2. The molecular weight excluding hydrogens is 344 g/mol. The summed E-state index contributed by atoms with van der Waals surface area (Å²) >= 11 is 0. The quantitative estimate of drug-likeness (QED) is 0.684. The summed E-state index contributed by atoms with van der Waals surface area (Å²) in [5.41, 5.74) is 2.95. The number of para-hydroxylation sites is 1. The van der Waals surface area contributed by atoms with Crippen molar-refractivity contribution >= 4 is 11.9 Å². The van der Waals surface area contributed by atoms with Crippen LogP contribution in [0.1, 0.15) is 18.5 Å². The molecule has 27 heavy (non-hydrogen) atoms. The van der Waals surface area contributed by atoms with Gasteiger partial charge in [-0.3, -0.25) is 10.1 Å². The lowest BCUT2D eigenvalue weighted by Gasteiger charge is -2.08. The van der Waals surface area contributed by atoms with Gasteiger partial charge in [-0.1, -0.05) is 18.2 Å². The summed E-state index contributed by atoms with van der Waals surface area (Å²) in [5.74, 6) is 0.372. The highest BCUT2D eigenvalue weighted by Crippen LogP contribution is 2.31. The number of benzene rings is 2. The molecule has 7 nitrogen and oxygen atoms in total. The van der Waals surface area contributed by atoms with Gasteiger partial charge in [-0.25, -0.2) is 9.48 Å². The molecule has 1 aliphatic rings. The van der Waals surface area contributed by atoms with Crippen LogP contribution < -0.4 is 15.4 Å². The second-order valence-corrected chi connectivity index (χ2v) is 6.07. The van der Waals surface area contributed by atoms with Crippen LogP contribution in [-0.4, -0.2) is 28.3 Å². The van der Waals surface area contributed by atoms with Crippen LogP contribution in [0.5, 0.6) is 5.75 Å². The molecule has 0 radical (unpaired) electrons. The van der Waals surface area contributed by atoms with E-state index in [9.17, 15) is 9.59 Å². The van der Waals surface area contributed by atoms with Crippen LogP contribution in [0.25, 0.3) is 16.9 Å². The lowest BCUT2D eigenvalue weighted by atomic mass is 10.0. The van der Waals surface area contributed by atoms with Crippen molar-refractivity contribution in [3.05, 3.63) is 66.4 Å². The van der Waals surface area contributed by atoms with Crippen LogP contribution in [0.2, 0.25) is 0 Å². The number of carbonyl (C=O) groups excluding carboxylic acids is 2. The van der Waals surface area contributed by atoms with Crippen LogP contribution in [0.4, 0.5) is 4.79 Å². The summed E-state index contributed by atoms with van der Waals surface area (Å²) < 4.78 is 7.19. The highest BCUT2D eigenvalue weighted by Gasteiger charge is 2.34. The van der Waals surface area contributed by atoms with Crippen molar-refractivity contribution in [1.29, 1.82) is 0 Å². The Morgan fingerprint density at radius 3 is 2.44 bits per heavy atom. The van der Waals surface area contributed by atoms with Crippen molar-refractivity contribution < 1.29 is 14.3 Å². The lowest BCUT2D eigenvalue weighted by Crippen LogP contribution is -2.22. The van der Waals surface area contributed by atoms with Gasteiger partial charge < -0.3 is 10.1 Å². The van der Waals surface area contributed by atoms with Gasteiger partial charge >= 0.3 is 6.03 Å². The van der Waals surface area contributed by atoms with E-state index in [0.717, 1.165) is 17.0 Å². The minimum absolute atomic E-state index is 0.389. The summed E-state index contributed by atoms with van der Waals surface area (Å²) in [7, 11) is 0. The van der Waals surface area contributed by atoms with Crippen LogP contribution in [-0.2, 0) is 4.79 Å². The number of carbonyl (C=O) groups is 2. The Labute approximate surface area is 156 Å². The molecule has 7 heteroatoms. The second kappa shape index (κ2) is 6.95. The molecule has 0 bridgehead atoms. The van der Waals surface area contributed by atoms with Gasteiger partial charge in [0.05, 0.1) is 18.0 Å². The van der Waals surface area contributed by atoms with Crippen LogP contribution >= 0.6 is 0 Å². The van der Waals surface area contributed by atoms with Crippen molar-refractivity contribution in [2.75, 3.05) is 6.61 Å². The van der Waals surface area contributed by atoms with E-state index in [2.05, 4.69) is 15.7 Å². The minimum atomic E-state index is -0.781. The highest BCUT2D eigenvalue weighted by atomic mass is 16.5. The van der Waals surface area contributed by atoms with E-state index in [-0.39, 0.29) is 5.91 Å². The van der Waals surface area contributed by atoms with Crippen LogP contribution in [0, 0.1) is 0 Å². The molecule has 3 aromatic rings. The first-order chi connectivity index (χ1) is 13.2. The summed E-state index contributed by atoms with van der Waals surface area (Å²) in [6.45, 7) is 2.51. The summed E-state index contributed by atoms with van der Waals surface area (Å²) in [5, 5.41) is 9.60. The predicted octanol–water partition coefficient (Wildman–Crippen LogP) is 2.82. The van der Waals surface area contributed by atoms with Crippen LogP contribution in [0.15, 0.2) is 60.8 Å². The topological polar surface area (TPSA) is 85.2 Å². The van der Waals surface area contributed by atoms with E-state index < -0.39 is 12.1 Å². The molecule has 1 atom stereocenters. The SMILES string of the molecule is CCOc1ccc(-c2nn(-c3ccccc3)cc2[C@@H]2NC(=O)NC2=O)cc1. The zero-order valence-electron chi connectivity index (χ0n) is 14.7. The van der Waals surface area contributed by atoms with E-state index in [1.165, 1.54) is 0 Å². The van der Waals surface area contributed by atoms with Crippen molar-refractivity contribution in [3.63, 3.8) is 0 Å². The Morgan fingerprint density at radius 2 is 1.81 bits per heavy atom. The molecule has 0 spiro atoms. The highest BCUT2D eigenvalue weighted by molar-refractivity contribution is 6.05. The molecule has 1 saturated heterocycles. The number of rotatable bonds is 5. The Hall–Kier alpha value is -3.61. The fourth-order valence-corrected chi connectivity index (χ4v) is 3.05. The van der Waals surface area contributed by atoms with E-state index in [1.807, 2.05) is 61.5 Å². The average Bonchev–Trinajstić information content (AvgIpc) is 3.26. The first-order valence-corrected chi connectivity index (χ1v) is 8.65. The van der Waals surface area contributed by atoms with Gasteiger partial charge in [-0.2, -0.15) is 5.10 Å². The Kier molecular flexibility index (Phi) is 4.33. The van der Waals surface area contributed by atoms with Gasteiger partial charge in [0, 0.05) is 17.3 Å². The lowest BCUT2D eigenvalue weighted by molar-refractivity contribution is -0.120. The summed E-state index contributed by atoms with van der Waals surface area (Å²) in [4.78, 5) is 23.8. The van der Waals surface area contributed by atoms with Crippen molar-refractivity contribution in [2.24, 2.45) is 0 Å². The molecule has 0 saturated carbocycles. The van der Waals surface area contributed by atoms with Gasteiger partial charge in [-0.15, -0.1) is 0 Å². The molecule has 136 valence electrons. The minimum Gasteiger partial charge on any atom is -0.494 e. The van der Waals surface area contributed by atoms with E-state index in [4.69, 9.17) is 4.74 Å². The first kappa shape index (κ1) is 16.8. The third-order valence-corrected chi connectivity index (χ3v) is 4.29. The van der Waals surface area contributed by atoms with Gasteiger partial charge in [0.1, 0.15) is 11.8 Å². The first-order valence-electron chi connectivity index (χ1n) is 8.65. The summed E-state index contributed by atoms with van der Waals surface area (Å²) in [6, 6.07) is 15.8. The number of hydrogen-bond donors (Lipinski definition) is 2. The monoisotopic (exact) mass is 362 g/mol. The molecule has 0 aliphatic carbocycles. The molecule has 4 rings (SSSR count). The molecule has 1 fully saturated rings. The van der Waals surface area contributed by atoms with Gasteiger partial charge in [0.2, 0.25) is 0 Å². The zero-order valence-corrected chi connectivity index (χ0v) is 14.7. The summed E-state index contributed by atoms with van der Waals surface area (Å²) in [6.07, 6.45) is 1.77. The molecule has 2 N–H and O–H groups in total. The number of nitrogens with zero attached hydrogens (tertiary/aromatic N) is 2. The Bertz CT molecular complexity index is 980. The van der Waals surface area contributed by atoms with Crippen molar-refractivity contribution in [3.8, 4) is 22.7 Å². The molecular formula is C20H18N4O3. The number of ether oxygens (including phenoxy) is 1. The van der Waals surface area contributed by atoms with Crippen molar-refractivity contribution in [2.45, 2.75) is 13.0 Å². The van der Waals surface area contributed by atoms with E-state index >= 15 is 0 Å². The normalized spacial score (nSPS) is 16.1. The van der Waals surface area contributed by atoms with E-state index in [0.29, 0.717) is 17.9 Å². The average molecular weight is 362 g/mol. The second-order valence-electron chi connectivity index (χ2n) is 6.07. The number of urea groups is 1. The number of imide groups is 1. The zero-order chi connectivity index (χ0) is 18.8. The number of aromatic nitrogens is 2. The van der Waals surface area contributed by atoms with Gasteiger partial charge in [-0.05, 0) is 43.3 Å². The molecule has 3 amide bonds. The molecule has 1 aromatic heterocycles. The maximum Gasteiger partial charge on any atom is 0.322 e. The standard InChI is InChI=1S/C20H18N4O3/c1-2-27-15-10-8-13(9-11-15)17-16(18-19(25)22-20(26)21-18)12-24(23-17)14-6-4-3-5-7-14/h3-12,18H,2H2,1H3,(H2,21,22,25,26)/t18-/m0/s1. The van der Waals surface area contributed by atoms with Gasteiger partial charge in [0.15, 0.2) is 0 Å². The molecule has 0 unspecified atom stereocenters. The number of amides is 3. The Morgan fingerprint density at radius 1 is 1.07 bits per heavy atom. The molecule has 1 aliphatic heterocycles. The van der Waals surface area contributed by atoms with Crippen LogP contribution in [0.3, 0.4) is 0 Å². The van der Waals surface area contributed by atoms with Gasteiger partial charge in [0.25, 0.3) is 5.91 Å². The predicted molar refractivity (Wildman–Crippen MR) is 99.6 cm³/mol. The molecule has 2 heterocycles. The maximum atomic E-state index is 12.2. The third-order valence-electron chi connectivity index (χ3n) is 4.29. The fraction of sp³-hybridized carbons (Fsp3) is 0.150. The van der Waals surface area contributed by atoms with Crippen molar-refractivity contribution in [1.82, 2.24) is 20.4 Å². The smallest absolute Gasteiger partial charge is 0.322 e. The maximum absolute atomic E-state index is 12.2.